The van der Waals surface area contributed by atoms with Crippen molar-refractivity contribution in [2.24, 2.45) is 0 Å². The molecular formula is C70H42N2O4. The van der Waals surface area contributed by atoms with E-state index in [0.717, 1.165) is 144 Å². The number of benzene rings is 12. The summed E-state index contributed by atoms with van der Waals surface area (Å²) in [7, 11) is 0. The maximum atomic E-state index is 6.81. The predicted molar refractivity (Wildman–Crippen MR) is 314 cm³/mol. The van der Waals surface area contributed by atoms with Gasteiger partial charge in [0.15, 0.2) is 22.3 Å². The summed E-state index contributed by atoms with van der Waals surface area (Å²) in [5.41, 5.74) is 19.8. The Labute approximate surface area is 434 Å². The highest BCUT2D eigenvalue weighted by molar-refractivity contribution is 6.18. The van der Waals surface area contributed by atoms with Gasteiger partial charge in [0, 0.05) is 54.5 Å². The molecule has 0 bridgehead atoms. The van der Waals surface area contributed by atoms with Crippen LogP contribution in [0.25, 0.3) is 132 Å². The van der Waals surface area contributed by atoms with Crippen LogP contribution in [0.3, 0.4) is 0 Å². The van der Waals surface area contributed by atoms with E-state index in [1.165, 1.54) is 33.0 Å². The van der Waals surface area contributed by atoms with Gasteiger partial charge in [-0.05, 0) is 154 Å². The molecule has 17 rings (SSSR count). The molecule has 0 fully saturated rings. The molecule has 76 heavy (non-hydrogen) atoms. The minimum absolute atomic E-state index is 0.828. The van der Waals surface area contributed by atoms with Gasteiger partial charge >= 0.3 is 0 Å². The zero-order valence-corrected chi connectivity index (χ0v) is 41.3. The molecule has 0 unspecified atom stereocenters. The molecule has 6 heteroatoms. The maximum Gasteiger partial charge on any atom is 0.159 e. The summed E-state index contributed by atoms with van der Waals surface area (Å²) in [5, 5.41) is 13.3. The Kier molecular flexibility index (Phi) is 8.32. The molecule has 0 aliphatic heterocycles. The number of aryl methyl sites for hydroxylation is 2. The summed E-state index contributed by atoms with van der Waals surface area (Å²) in [6.45, 7) is 4.34. The van der Waals surface area contributed by atoms with E-state index in [-0.39, 0.29) is 0 Å². The first-order chi connectivity index (χ1) is 37.5. The Hall–Kier alpha value is -10.0. The second-order valence-corrected chi connectivity index (χ2v) is 20.4. The van der Waals surface area contributed by atoms with Gasteiger partial charge < -0.3 is 27.5 Å². The molecule has 0 saturated heterocycles. The Morgan fingerprint density at radius 1 is 0.263 bits per heavy atom. The first kappa shape index (κ1) is 41.4. The van der Waals surface area contributed by atoms with Crippen molar-refractivity contribution in [2.45, 2.75) is 13.8 Å². The SMILES string of the molecule is Cc1ccc2c(oc3ccccc32)c1N(c1ccc2cc3c(cc2c1)-c1cc2ccc(N(c4cccc5c4oc4ccccc45)c4c(C)ccc5c4oc4ccccc45)cc2cc1-3)c1cccc2c1oc1ccccc12. The first-order valence-electron chi connectivity index (χ1n) is 25.9. The van der Waals surface area contributed by atoms with E-state index in [1.807, 2.05) is 36.4 Å². The summed E-state index contributed by atoms with van der Waals surface area (Å²) in [4.78, 5) is 4.69. The van der Waals surface area contributed by atoms with Crippen molar-refractivity contribution in [3.05, 3.63) is 230 Å². The molecule has 4 aromatic heterocycles. The maximum absolute atomic E-state index is 6.81. The molecule has 4 heterocycles. The fraction of sp³-hybridized carbons (Fsp3) is 0.0286. The van der Waals surface area contributed by atoms with Crippen molar-refractivity contribution in [1.29, 1.82) is 0 Å². The Bertz CT molecular complexity index is 4840. The van der Waals surface area contributed by atoms with Crippen LogP contribution in [0.5, 0.6) is 0 Å². The highest BCUT2D eigenvalue weighted by Gasteiger charge is 2.29. The van der Waals surface area contributed by atoms with Gasteiger partial charge in [-0.25, -0.2) is 0 Å². The molecule has 0 spiro atoms. The van der Waals surface area contributed by atoms with Gasteiger partial charge in [0.05, 0.1) is 22.7 Å². The normalized spacial score (nSPS) is 12.3. The van der Waals surface area contributed by atoms with Crippen LogP contribution in [-0.4, -0.2) is 0 Å². The van der Waals surface area contributed by atoms with Gasteiger partial charge in [0.2, 0.25) is 0 Å². The molecule has 0 radical (unpaired) electrons. The van der Waals surface area contributed by atoms with E-state index in [0.29, 0.717) is 0 Å². The van der Waals surface area contributed by atoms with E-state index in [4.69, 9.17) is 17.7 Å². The monoisotopic (exact) mass is 974 g/mol. The van der Waals surface area contributed by atoms with E-state index >= 15 is 0 Å². The Morgan fingerprint density at radius 2 is 0.592 bits per heavy atom. The third-order valence-electron chi connectivity index (χ3n) is 16.2. The summed E-state index contributed by atoms with van der Waals surface area (Å²) < 4.78 is 27.2. The van der Waals surface area contributed by atoms with E-state index in [9.17, 15) is 0 Å². The number of rotatable bonds is 6. The summed E-state index contributed by atoms with van der Waals surface area (Å²) in [6.07, 6.45) is 0. The zero-order valence-electron chi connectivity index (χ0n) is 41.3. The fourth-order valence-electron chi connectivity index (χ4n) is 12.6. The molecule has 0 atom stereocenters. The van der Waals surface area contributed by atoms with Crippen molar-refractivity contribution in [3.63, 3.8) is 0 Å². The average Bonchev–Trinajstić information content (AvgIpc) is 4.26. The number of hydrogen-bond acceptors (Lipinski definition) is 6. The van der Waals surface area contributed by atoms with Gasteiger partial charge in [-0.3, -0.25) is 0 Å². The highest BCUT2D eigenvalue weighted by Crippen LogP contribution is 2.54. The molecule has 0 amide bonds. The average molecular weight is 975 g/mol. The van der Waals surface area contributed by atoms with Crippen LogP contribution in [0.15, 0.2) is 236 Å². The van der Waals surface area contributed by atoms with Crippen LogP contribution in [0.2, 0.25) is 0 Å². The Balaban J connectivity index is 0.822. The molecule has 0 saturated carbocycles. The highest BCUT2D eigenvalue weighted by atomic mass is 16.3. The lowest BCUT2D eigenvalue weighted by Crippen LogP contribution is -2.12. The zero-order chi connectivity index (χ0) is 49.9. The number of hydrogen-bond donors (Lipinski definition) is 0. The van der Waals surface area contributed by atoms with E-state index < -0.39 is 0 Å². The van der Waals surface area contributed by atoms with Crippen LogP contribution in [0.1, 0.15) is 11.1 Å². The summed E-state index contributed by atoms with van der Waals surface area (Å²) >= 11 is 0. The van der Waals surface area contributed by atoms with Crippen LogP contribution >= 0.6 is 0 Å². The molecule has 6 nitrogen and oxygen atoms in total. The molecule has 16 aromatic rings. The molecule has 1 aliphatic carbocycles. The molecular weight excluding hydrogens is 933 g/mol. The van der Waals surface area contributed by atoms with Crippen molar-refractivity contribution < 1.29 is 17.7 Å². The van der Waals surface area contributed by atoms with Gasteiger partial charge in [0.1, 0.15) is 22.3 Å². The molecule has 12 aromatic carbocycles. The van der Waals surface area contributed by atoms with Gasteiger partial charge in [-0.1, -0.05) is 133 Å². The van der Waals surface area contributed by atoms with E-state index in [1.54, 1.807) is 0 Å². The summed E-state index contributed by atoms with van der Waals surface area (Å²) in [5.74, 6) is 0. The first-order valence-corrected chi connectivity index (χ1v) is 25.9. The van der Waals surface area contributed by atoms with Crippen LogP contribution < -0.4 is 9.80 Å². The van der Waals surface area contributed by atoms with Crippen LogP contribution in [-0.2, 0) is 0 Å². The molecule has 0 N–H and O–H groups in total. The predicted octanol–water partition coefficient (Wildman–Crippen LogP) is 20.8. The second kappa shape index (κ2) is 15.3. The minimum atomic E-state index is 0.828. The largest absolute Gasteiger partial charge is 0.454 e. The van der Waals surface area contributed by atoms with Gasteiger partial charge in [-0.2, -0.15) is 0 Å². The Morgan fingerprint density at radius 3 is 0.987 bits per heavy atom. The van der Waals surface area contributed by atoms with Crippen molar-refractivity contribution in [1.82, 2.24) is 0 Å². The quantitative estimate of drug-likeness (QED) is 0.165. The smallest absolute Gasteiger partial charge is 0.159 e. The van der Waals surface area contributed by atoms with Crippen LogP contribution in [0.4, 0.5) is 34.1 Å². The number of para-hydroxylation sites is 6. The lowest BCUT2D eigenvalue weighted by molar-refractivity contribution is 0.665. The number of furan rings is 4. The van der Waals surface area contributed by atoms with Crippen molar-refractivity contribution in [2.75, 3.05) is 9.80 Å². The lowest BCUT2D eigenvalue weighted by Gasteiger charge is -2.29. The number of fused-ring (bicyclic) bond motifs is 18. The molecule has 1 aliphatic rings. The van der Waals surface area contributed by atoms with Crippen molar-refractivity contribution >= 4 is 143 Å². The topological polar surface area (TPSA) is 59.0 Å². The van der Waals surface area contributed by atoms with Gasteiger partial charge in [-0.15, -0.1) is 0 Å². The number of anilines is 6. The lowest BCUT2D eigenvalue weighted by atomic mass is 9.78. The summed E-state index contributed by atoms with van der Waals surface area (Å²) in [6, 6.07) is 78.0. The van der Waals surface area contributed by atoms with E-state index in [2.05, 4.69) is 206 Å². The second-order valence-electron chi connectivity index (χ2n) is 20.4. The molecule has 356 valence electrons. The third-order valence-corrected chi connectivity index (χ3v) is 16.2. The third kappa shape index (κ3) is 5.75. The van der Waals surface area contributed by atoms with Crippen molar-refractivity contribution in [3.8, 4) is 22.3 Å². The fourth-order valence-corrected chi connectivity index (χ4v) is 12.6. The van der Waals surface area contributed by atoms with Crippen LogP contribution in [0, 0.1) is 13.8 Å². The number of nitrogens with zero attached hydrogens (tertiary/aromatic N) is 2. The standard InChI is InChI=1S/C70H42N2O4/c1-39-25-31-53-49-15-5-9-23-63(49)75-69(53)65(39)71(59-19-11-17-51-47-13-3-7-21-61(47)73-67(51)59)45-29-27-41-35-55-57(37-43(41)33-45)56-36-42-28-30-46(34-44(42)38-58(55)56)72(60-20-12-18-52-48-14-4-8-22-62(48)74-68(52)60)66-40(2)26-32-54-50-16-6-10-24-64(50)76-70(54)66/h3-38H,1-2H3. The minimum Gasteiger partial charge on any atom is -0.454 e. The van der Waals surface area contributed by atoms with Gasteiger partial charge in [0.25, 0.3) is 0 Å².